The predicted molar refractivity (Wildman–Crippen MR) is 55.3 cm³/mol. The summed E-state index contributed by atoms with van der Waals surface area (Å²) in [7, 11) is 0. The van der Waals surface area contributed by atoms with Crippen LogP contribution < -0.4 is 0 Å². The minimum Gasteiger partial charge on any atom is -0.505 e. The fraction of sp³-hybridized carbons (Fsp3) is 0.0909. The van der Waals surface area contributed by atoms with Crippen molar-refractivity contribution in [2.75, 3.05) is 0 Å². The van der Waals surface area contributed by atoms with Crippen LogP contribution in [0.15, 0.2) is 24.3 Å². The van der Waals surface area contributed by atoms with E-state index in [9.17, 15) is 9.50 Å². The number of hydrogen-bond acceptors (Lipinski definition) is 1. The lowest BCUT2D eigenvalue weighted by Gasteiger charge is -2.06. The van der Waals surface area contributed by atoms with Gasteiger partial charge < -0.3 is 5.11 Å². The standard InChI is InChI=1S/C11H8ClFO/c1-6-5-9(14)11(13)7-3-2-4-8(12)10(6)7/h2-5,14H,1H3. The zero-order valence-electron chi connectivity index (χ0n) is 7.51. The van der Waals surface area contributed by atoms with Gasteiger partial charge in [0, 0.05) is 15.8 Å². The summed E-state index contributed by atoms with van der Waals surface area (Å²) in [6.07, 6.45) is 0. The molecule has 0 amide bonds. The molecular weight excluding hydrogens is 203 g/mol. The monoisotopic (exact) mass is 210 g/mol. The Labute approximate surface area is 85.7 Å². The summed E-state index contributed by atoms with van der Waals surface area (Å²) in [4.78, 5) is 0. The van der Waals surface area contributed by atoms with Gasteiger partial charge in [0.2, 0.25) is 0 Å². The van der Waals surface area contributed by atoms with Gasteiger partial charge in [-0.15, -0.1) is 0 Å². The number of hydrogen-bond donors (Lipinski definition) is 1. The molecule has 0 fully saturated rings. The maximum atomic E-state index is 13.4. The van der Waals surface area contributed by atoms with Crippen molar-refractivity contribution in [2.24, 2.45) is 0 Å². The Hall–Kier alpha value is -1.28. The summed E-state index contributed by atoms with van der Waals surface area (Å²) in [6, 6.07) is 6.34. The molecule has 14 heavy (non-hydrogen) atoms. The molecule has 2 aromatic carbocycles. The van der Waals surface area contributed by atoms with Crippen LogP contribution in [0, 0.1) is 12.7 Å². The average Bonchev–Trinajstić information content (AvgIpc) is 2.14. The van der Waals surface area contributed by atoms with Crippen molar-refractivity contribution >= 4 is 22.4 Å². The van der Waals surface area contributed by atoms with Crippen LogP contribution in [0.2, 0.25) is 5.02 Å². The second kappa shape index (κ2) is 3.14. The smallest absolute Gasteiger partial charge is 0.172 e. The summed E-state index contributed by atoms with van der Waals surface area (Å²) >= 11 is 5.94. The van der Waals surface area contributed by atoms with Gasteiger partial charge in [-0.1, -0.05) is 23.7 Å². The van der Waals surface area contributed by atoms with Crippen molar-refractivity contribution in [3.8, 4) is 5.75 Å². The van der Waals surface area contributed by atoms with Crippen LogP contribution in [0.4, 0.5) is 4.39 Å². The molecule has 0 atom stereocenters. The van der Waals surface area contributed by atoms with Gasteiger partial charge >= 0.3 is 0 Å². The molecule has 3 heteroatoms. The molecule has 0 aliphatic rings. The first-order valence-corrected chi connectivity index (χ1v) is 4.55. The number of halogens is 2. The summed E-state index contributed by atoms with van der Waals surface area (Å²) in [6.45, 7) is 1.79. The number of benzene rings is 2. The largest absolute Gasteiger partial charge is 0.505 e. The number of phenolic OH excluding ortho intramolecular Hbond substituents is 1. The Morgan fingerprint density at radius 3 is 2.79 bits per heavy atom. The topological polar surface area (TPSA) is 20.2 Å². The van der Waals surface area contributed by atoms with Gasteiger partial charge in [0.1, 0.15) is 0 Å². The van der Waals surface area contributed by atoms with E-state index in [1.165, 1.54) is 6.07 Å². The Bertz CT molecular complexity index is 508. The summed E-state index contributed by atoms with van der Waals surface area (Å²) in [5, 5.41) is 10.8. The second-order valence-corrected chi connectivity index (χ2v) is 3.60. The summed E-state index contributed by atoms with van der Waals surface area (Å²) in [5.74, 6) is -0.953. The molecule has 0 aliphatic heterocycles. The fourth-order valence-corrected chi connectivity index (χ4v) is 1.91. The molecular formula is C11H8ClFO. The Morgan fingerprint density at radius 1 is 1.36 bits per heavy atom. The highest BCUT2D eigenvalue weighted by atomic mass is 35.5. The first kappa shape index (κ1) is 9.28. The minimum absolute atomic E-state index is 0.336. The van der Waals surface area contributed by atoms with Crippen LogP contribution in [0.3, 0.4) is 0 Å². The molecule has 0 saturated heterocycles. The molecule has 2 rings (SSSR count). The Kier molecular flexibility index (Phi) is 2.08. The fourth-order valence-electron chi connectivity index (χ4n) is 1.59. The van der Waals surface area contributed by atoms with Crippen molar-refractivity contribution in [3.63, 3.8) is 0 Å². The number of aromatic hydroxyl groups is 1. The van der Waals surface area contributed by atoms with Gasteiger partial charge in [-0.3, -0.25) is 0 Å². The quantitative estimate of drug-likeness (QED) is 0.704. The molecule has 2 aromatic rings. The molecule has 1 nitrogen and oxygen atoms in total. The van der Waals surface area contributed by atoms with Gasteiger partial charge in [0.05, 0.1) is 0 Å². The highest BCUT2D eigenvalue weighted by Gasteiger charge is 2.10. The minimum atomic E-state index is -0.617. The zero-order chi connectivity index (χ0) is 10.3. The first-order chi connectivity index (χ1) is 6.61. The van der Waals surface area contributed by atoms with Crippen LogP contribution in [0.1, 0.15) is 5.56 Å². The summed E-state index contributed by atoms with van der Waals surface area (Å²) < 4.78 is 13.4. The third-order valence-electron chi connectivity index (χ3n) is 2.22. The van der Waals surface area contributed by atoms with Gasteiger partial charge in [-0.2, -0.15) is 0 Å². The molecule has 0 heterocycles. The SMILES string of the molecule is Cc1cc(O)c(F)c2cccc(Cl)c12. The molecule has 0 radical (unpaired) electrons. The number of phenols is 1. The Balaban J connectivity index is 3.02. The predicted octanol–water partition coefficient (Wildman–Crippen LogP) is 3.65. The highest BCUT2D eigenvalue weighted by molar-refractivity contribution is 6.35. The van der Waals surface area contributed by atoms with E-state index in [2.05, 4.69) is 0 Å². The normalized spacial score (nSPS) is 10.8. The molecule has 0 bridgehead atoms. The molecule has 0 unspecified atom stereocenters. The second-order valence-electron chi connectivity index (χ2n) is 3.19. The third-order valence-corrected chi connectivity index (χ3v) is 2.54. The molecule has 1 N–H and O–H groups in total. The lowest BCUT2D eigenvalue weighted by atomic mass is 10.0. The Morgan fingerprint density at radius 2 is 2.07 bits per heavy atom. The maximum absolute atomic E-state index is 13.4. The average molecular weight is 211 g/mol. The van der Waals surface area contributed by atoms with Crippen molar-refractivity contribution in [2.45, 2.75) is 6.92 Å². The van der Waals surface area contributed by atoms with Crippen LogP contribution in [-0.2, 0) is 0 Å². The van der Waals surface area contributed by atoms with Gasteiger partial charge in [0.25, 0.3) is 0 Å². The number of fused-ring (bicyclic) bond motifs is 1. The van der Waals surface area contributed by atoms with E-state index in [1.807, 2.05) is 0 Å². The van der Waals surface area contributed by atoms with E-state index in [1.54, 1.807) is 25.1 Å². The third kappa shape index (κ3) is 1.23. The van der Waals surface area contributed by atoms with Crippen LogP contribution >= 0.6 is 11.6 Å². The van der Waals surface area contributed by atoms with E-state index < -0.39 is 5.82 Å². The van der Waals surface area contributed by atoms with E-state index in [0.29, 0.717) is 15.8 Å². The molecule has 0 saturated carbocycles. The lowest BCUT2D eigenvalue weighted by Crippen LogP contribution is -1.85. The molecule has 0 aromatic heterocycles. The van der Waals surface area contributed by atoms with E-state index in [4.69, 9.17) is 11.6 Å². The zero-order valence-corrected chi connectivity index (χ0v) is 8.27. The number of rotatable bonds is 0. The first-order valence-electron chi connectivity index (χ1n) is 4.17. The van der Waals surface area contributed by atoms with Crippen LogP contribution in [-0.4, -0.2) is 5.11 Å². The van der Waals surface area contributed by atoms with Crippen LogP contribution in [0.5, 0.6) is 5.75 Å². The van der Waals surface area contributed by atoms with Crippen LogP contribution in [0.25, 0.3) is 10.8 Å². The van der Waals surface area contributed by atoms with Crippen molar-refractivity contribution in [3.05, 3.63) is 40.7 Å². The van der Waals surface area contributed by atoms with Gasteiger partial charge in [-0.25, -0.2) is 4.39 Å². The maximum Gasteiger partial charge on any atom is 0.172 e. The van der Waals surface area contributed by atoms with Crippen molar-refractivity contribution in [1.29, 1.82) is 0 Å². The molecule has 0 spiro atoms. The van der Waals surface area contributed by atoms with E-state index in [0.717, 1.165) is 5.56 Å². The van der Waals surface area contributed by atoms with Crippen molar-refractivity contribution < 1.29 is 9.50 Å². The van der Waals surface area contributed by atoms with Crippen molar-refractivity contribution in [1.82, 2.24) is 0 Å². The van der Waals surface area contributed by atoms with Gasteiger partial charge in [-0.05, 0) is 24.6 Å². The van der Waals surface area contributed by atoms with E-state index >= 15 is 0 Å². The lowest BCUT2D eigenvalue weighted by molar-refractivity contribution is 0.436. The molecule has 72 valence electrons. The molecule has 0 aliphatic carbocycles. The van der Waals surface area contributed by atoms with Gasteiger partial charge in [0.15, 0.2) is 11.6 Å². The van der Waals surface area contributed by atoms with E-state index in [-0.39, 0.29) is 5.75 Å². The number of aryl methyl sites for hydroxylation is 1. The highest BCUT2D eigenvalue weighted by Crippen LogP contribution is 2.32. The summed E-state index contributed by atoms with van der Waals surface area (Å²) in [5.41, 5.74) is 0.768.